The van der Waals surface area contributed by atoms with Gasteiger partial charge in [-0.1, -0.05) is 25.1 Å². The molecule has 0 bridgehead atoms. The summed E-state index contributed by atoms with van der Waals surface area (Å²) in [5, 5.41) is 13.2. The summed E-state index contributed by atoms with van der Waals surface area (Å²) in [5.41, 5.74) is 1.85. The number of rotatable bonds is 5. The van der Waals surface area contributed by atoms with Gasteiger partial charge >= 0.3 is 0 Å². The molecule has 1 N–H and O–H groups in total. The SMILES string of the molecule is C[C@H]1CCc2c(sc(NC(=O)CCSc3ccccc3)c2C#N)C1. The molecular weight excluding hydrogens is 336 g/mol. The maximum absolute atomic E-state index is 12.2. The monoisotopic (exact) mass is 356 g/mol. The molecule has 0 fully saturated rings. The van der Waals surface area contributed by atoms with Gasteiger partial charge in [-0.3, -0.25) is 4.79 Å². The fourth-order valence-corrected chi connectivity index (χ4v) is 5.17. The van der Waals surface area contributed by atoms with E-state index in [4.69, 9.17) is 0 Å². The van der Waals surface area contributed by atoms with Crippen LogP contribution in [0.15, 0.2) is 35.2 Å². The summed E-state index contributed by atoms with van der Waals surface area (Å²) in [6.45, 7) is 2.24. The second kappa shape index (κ2) is 7.87. The number of carbonyl (C=O) groups excluding carboxylic acids is 1. The number of nitrogens with zero attached hydrogens (tertiary/aromatic N) is 1. The van der Waals surface area contributed by atoms with Crippen LogP contribution in [-0.2, 0) is 17.6 Å². The van der Waals surface area contributed by atoms with Crippen LogP contribution in [-0.4, -0.2) is 11.7 Å². The lowest BCUT2D eigenvalue weighted by molar-refractivity contribution is -0.115. The highest BCUT2D eigenvalue weighted by Crippen LogP contribution is 2.39. The Balaban J connectivity index is 1.59. The van der Waals surface area contributed by atoms with Gasteiger partial charge in [-0.25, -0.2) is 0 Å². The molecular formula is C19H20N2OS2. The van der Waals surface area contributed by atoms with Crippen LogP contribution in [0.25, 0.3) is 0 Å². The van der Waals surface area contributed by atoms with E-state index in [9.17, 15) is 10.1 Å². The number of benzene rings is 1. The van der Waals surface area contributed by atoms with E-state index in [1.54, 1.807) is 23.1 Å². The number of thioether (sulfide) groups is 1. The third kappa shape index (κ3) is 4.00. The molecule has 1 amide bonds. The average Bonchev–Trinajstić information content (AvgIpc) is 2.91. The van der Waals surface area contributed by atoms with E-state index in [1.165, 1.54) is 9.77 Å². The Bertz CT molecular complexity index is 762. The molecule has 0 unspecified atom stereocenters. The number of amides is 1. The largest absolute Gasteiger partial charge is 0.317 e. The van der Waals surface area contributed by atoms with Gasteiger partial charge in [0.2, 0.25) is 5.91 Å². The molecule has 0 saturated carbocycles. The lowest BCUT2D eigenvalue weighted by Crippen LogP contribution is -2.12. The zero-order chi connectivity index (χ0) is 16.9. The van der Waals surface area contributed by atoms with Gasteiger partial charge in [-0.15, -0.1) is 23.1 Å². The first-order valence-electron chi connectivity index (χ1n) is 8.19. The minimum atomic E-state index is -0.0124. The van der Waals surface area contributed by atoms with Gasteiger partial charge in [0.15, 0.2) is 0 Å². The maximum atomic E-state index is 12.2. The van der Waals surface area contributed by atoms with Crippen molar-refractivity contribution >= 4 is 34.0 Å². The van der Waals surface area contributed by atoms with Crippen LogP contribution >= 0.6 is 23.1 Å². The van der Waals surface area contributed by atoms with Crippen molar-refractivity contribution in [1.29, 1.82) is 5.26 Å². The highest BCUT2D eigenvalue weighted by molar-refractivity contribution is 7.99. The van der Waals surface area contributed by atoms with Gasteiger partial charge in [-0.2, -0.15) is 5.26 Å². The lowest BCUT2D eigenvalue weighted by atomic mass is 9.89. The number of nitriles is 1. The molecule has 1 aromatic heterocycles. The van der Waals surface area contributed by atoms with E-state index in [-0.39, 0.29) is 5.91 Å². The van der Waals surface area contributed by atoms with Crippen molar-refractivity contribution in [3.05, 3.63) is 46.3 Å². The molecule has 1 aromatic carbocycles. The number of hydrogen-bond acceptors (Lipinski definition) is 4. The zero-order valence-corrected chi connectivity index (χ0v) is 15.3. The summed E-state index contributed by atoms with van der Waals surface area (Å²) < 4.78 is 0. The Hall–Kier alpha value is -1.77. The van der Waals surface area contributed by atoms with Crippen molar-refractivity contribution in [2.75, 3.05) is 11.1 Å². The fourth-order valence-electron chi connectivity index (χ4n) is 2.92. The Labute approximate surface area is 151 Å². The third-order valence-corrected chi connectivity index (χ3v) is 6.40. The Morgan fingerprint density at radius 3 is 2.96 bits per heavy atom. The number of fused-ring (bicyclic) bond motifs is 1. The normalized spacial score (nSPS) is 16.2. The zero-order valence-electron chi connectivity index (χ0n) is 13.7. The molecule has 0 saturated heterocycles. The second-order valence-corrected chi connectivity index (χ2v) is 8.40. The minimum absolute atomic E-state index is 0.0124. The van der Waals surface area contributed by atoms with Crippen LogP contribution in [0.1, 0.15) is 35.8 Å². The standard InChI is InChI=1S/C19H20N2OS2/c1-13-7-8-15-16(12-20)19(24-17(15)11-13)21-18(22)9-10-23-14-5-3-2-4-6-14/h2-6,13H,7-11H2,1H3,(H,21,22)/t13-/m0/s1. The molecule has 0 aliphatic heterocycles. The van der Waals surface area contributed by atoms with Crippen LogP contribution in [0, 0.1) is 17.2 Å². The molecule has 3 nitrogen and oxygen atoms in total. The summed E-state index contributed by atoms with van der Waals surface area (Å²) in [5.74, 6) is 1.38. The van der Waals surface area contributed by atoms with Crippen LogP contribution < -0.4 is 5.32 Å². The Morgan fingerprint density at radius 2 is 2.21 bits per heavy atom. The van der Waals surface area contributed by atoms with Crippen molar-refractivity contribution in [3.8, 4) is 6.07 Å². The quantitative estimate of drug-likeness (QED) is 0.778. The molecule has 3 rings (SSSR count). The summed E-state index contributed by atoms with van der Waals surface area (Å²) in [4.78, 5) is 14.7. The van der Waals surface area contributed by atoms with Crippen LogP contribution in [0.2, 0.25) is 0 Å². The molecule has 0 radical (unpaired) electrons. The molecule has 0 spiro atoms. The van der Waals surface area contributed by atoms with Gasteiger partial charge in [0.25, 0.3) is 0 Å². The van der Waals surface area contributed by atoms with E-state index in [0.29, 0.717) is 17.9 Å². The predicted octanol–water partition coefficient (Wildman–Crippen LogP) is 4.87. The van der Waals surface area contributed by atoms with Gasteiger partial charge < -0.3 is 5.32 Å². The summed E-state index contributed by atoms with van der Waals surface area (Å²) in [7, 11) is 0. The van der Waals surface area contributed by atoms with Gasteiger partial charge in [0, 0.05) is 21.9 Å². The molecule has 1 heterocycles. The Morgan fingerprint density at radius 1 is 1.42 bits per heavy atom. The van der Waals surface area contributed by atoms with E-state index >= 15 is 0 Å². The lowest BCUT2D eigenvalue weighted by Gasteiger charge is -2.17. The number of anilines is 1. The van der Waals surface area contributed by atoms with E-state index in [1.807, 2.05) is 30.3 Å². The molecule has 1 atom stereocenters. The van der Waals surface area contributed by atoms with Gasteiger partial charge in [0.05, 0.1) is 5.56 Å². The van der Waals surface area contributed by atoms with Crippen molar-refractivity contribution in [2.24, 2.45) is 5.92 Å². The predicted molar refractivity (Wildman–Crippen MR) is 101 cm³/mol. The number of thiophene rings is 1. The molecule has 1 aliphatic rings. The van der Waals surface area contributed by atoms with E-state index < -0.39 is 0 Å². The summed E-state index contributed by atoms with van der Waals surface area (Å²) in [6.07, 6.45) is 3.55. The van der Waals surface area contributed by atoms with Crippen molar-refractivity contribution in [3.63, 3.8) is 0 Å². The number of nitrogens with one attached hydrogen (secondary N) is 1. The molecule has 5 heteroatoms. The van der Waals surface area contributed by atoms with Gasteiger partial charge in [0.1, 0.15) is 11.1 Å². The molecule has 1 aliphatic carbocycles. The minimum Gasteiger partial charge on any atom is -0.317 e. The fraction of sp³-hybridized carbons (Fsp3) is 0.368. The molecule has 24 heavy (non-hydrogen) atoms. The highest BCUT2D eigenvalue weighted by atomic mass is 32.2. The number of hydrogen-bond donors (Lipinski definition) is 1. The summed E-state index contributed by atoms with van der Waals surface area (Å²) in [6, 6.07) is 12.4. The number of carbonyl (C=O) groups is 1. The smallest absolute Gasteiger partial charge is 0.225 e. The van der Waals surface area contributed by atoms with Crippen molar-refractivity contribution < 1.29 is 4.79 Å². The highest BCUT2D eigenvalue weighted by Gasteiger charge is 2.24. The molecule has 2 aromatic rings. The third-order valence-electron chi connectivity index (χ3n) is 4.22. The molecule has 124 valence electrons. The van der Waals surface area contributed by atoms with Crippen LogP contribution in [0.5, 0.6) is 0 Å². The first-order chi connectivity index (χ1) is 11.7. The van der Waals surface area contributed by atoms with Crippen molar-refractivity contribution in [1.82, 2.24) is 0 Å². The van der Waals surface area contributed by atoms with Crippen LogP contribution in [0.3, 0.4) is 0 Å². The van der Waals surface area contributed by atoms with Crippen molar-refractivity contribution in [2.45, 2.75) is 37.5 Å². The average molecular weight is 357 g/mol. The first kappa shape index (κ1) is 17.1. The second-order valence-electron chi connectivity index (χ2n) is 6.13. The first-order valence-corrected chi connectivity index (χ1v) is 10.00. The van der Waals surface area contributed by atoms with Crippen LogP contribution in [0.4, 0.5) is 5.00 Å². The Kier molecular flexibility index (Phi) is 5.60. The topological polar surface area (TPSA) is 52.9 Å². The van der Waals surface area contributed by atoms with E-state index in [2.05, 4.69) is 18.3 Å². The summed E-state index contributed by atoms with van der Waals surface area (Å²) >= 11 is 3.26. The van der Waals surface area contributed by atoms with Gasteiger partial charge in [-0.05, 0) is 42.9 Å². The maximum Gasteiger partial charge on any atom is 0.225 e. The van der Waals surface area contributed by atoms with E-state index in [0.717, 1.165) is 35.6 Å².